The molecule has 0 unspecified atom stereocenters. The largest absolute Gasteiger partial charge is 0.457 e. The van der Waals surface area contributed by atoms with E-state index in [1.54, 1.807) is 16.7 Å². The summed E-state index contributed by atoms with van der Waals surface area (Å²) in [5.41, 5.74) is 6.93. The van der Waals surface area contributed by atoms with Crippen LogP contribution in [-0.2, 0) is 6.42 Å². The number of hydrogen-bond acceptors (Lipinski definition) is 4. The molecular formula is C32H22BrFN2O2S. The highest BCUT2D eigenvalue weighted by molar-refractivity contribution is 9.10. The van der Waals surface area contributed by atoms with Crippen LogP contribution in [0.1, 0.15) is 40.5 Å². The van der Waals surface area contributed by atoms with Crippen molar-refractivity contribution in [2.75, 3.05) is 0 Å². The lowest BCUT2D eigenvalue weighted by atomic mass is 9.83. The molecule has 5 aromatic rings. The van der Waals surface area contributed by atoms with Crippen LogP contribution in [0, 0.1) is 12.7 Å². The van der Waals surface area contributed by atoms with Crippen LogP contribution in [0.4, 0.5) is 4.39 Å². The van der Waals surface area contributed by atoms with Gasteiger partial charge in [0.2, 0.25) is 0 Å². The highest BCUT2D eigenvalue weighted by Gasteiger charge is 2.32. The minimum Gasteiger partial charge on any atom is -0.457 e. The van der Waals surface area contributed by atoms with Gasteiger partial charge in [-0.05, 0) is 78.4 Å². The van der Waals surface area contributed by atoms with Crippen molar-refractivity contribution in [2.24, 2.45) is 4.99 Å². The molecule has 2 aliphatic rings. The fourth-order valence-corrected chi connectivity index (χ4v) is 7.19. The second kappa shape index (κ2) is 9.43. The SMILES string of the molecule is Cc1ccc(-c2ccc(C=c3sc4n(c3=O)[C@@H](c3cccc(F)c3)C3=C(N=4)c4ccccc4CC3)o2)c(Br)c1. The van der Waals surface area contributed by atoms with Gasteiger partial charge < -0.3 is 4.42 Å². The lowest BCUT2D eigenvalue weighted by Gasteiger charge is -2.30. The van der Waals surface area contributed by atoms with Gasteiger partial charge >= 0.3 is 0 Å². The van der Waals surface area contributed by atoms with Gasteiger partial charge in [-0.3, -0.25) is 9.36 Å². The molecule has 0 saturated heterocycles. The predicted molar refractivity (Wildman–Crippen MR) is 156 cm³/mol. The highest BCUT2D eigenvalue weighted by Crippen LogP contribution is 2.41. The zero-order chi connectivity index (χ0) is 26.7. The van der Waals surface area contributed by atoms with Crippen LogP contribution >= 0.6 is 27.3 Å². The molecule has 3 aromatic carbocycles. The number of hydrogen-bond donors (Lipinski definition) is 0. The molecule has 3 heterocycles. The lowest BCUT2D eigenvalue weighted by Crippen LogP contribution is -2.38. The standard InChI is InChI=1S/C32H22BrFN2O2S/c1-18-9-12-24(26(33)15-18)27-14-11-22(38-27)17-28-31(37)36-30(20-6-4-7-21(34)16-20)25-13-10-19-5-2-3-8-23(19)29(25)35-32(36)39-28/h2-9,11-12,14-17,30H,10,13H2,1H3/t30-/m0/s1. The number of nitrogens with zero attached hydrogens (tertiary/aromatic N) is 2. The molecule has 39 heavy (non-hydrogen) atoms. The Morgan fingerprint density at radius 3 is 2.74 bits per heavy atom. The maximum atomic E-state index is 14.4. The lowest BCUT2D eigenvalue weighted by molar-refractivity contribution is 0.569. The third-order valence-electron chi connectivity index (χ3n) is 7.33. The van der Waals surface area contributed by atoms with E-state index >= 15 is 0 Å². The van der Waals surface area contributed by atoms with Crippen LogP contribution < -0.4 is 14.9 Å². The Morgan fingerprint density at radius 2 is 1.90 bits per heavy atom. The Labute approximate surface area is 236 Å². The van der Waals surface area contributed by atoms with E-state index in [9.17, 15) is 9.18 Å². The maximum absolute atomic E-state index is 14.4. The van der Waals surface area contributed by atoms with Crippen LogP contribution in [0.25, 0.3) is 23.1 Å². The van der Waals surface area contributed by atoms with Crippen molar-refractivity contribution in [3.05, 3.63) is 142 Å². The summed E-state index contributed by atoms with van der Waals surface area (Å²) in [7, 11) is 0. The molecule has 192 valence electrons. The van der Waals surface area contributed by atoms with Gasteiger partial charge in [-0.15, -0.1) is 0 Å². The van der Waals surface area contributed by atoms with Crippen LogP contribution in [-0.4, -0.2) is 4.57 Å². The van der Waals surface area contributed by atoms with Crippen LogP contribution in [0.5, 0.6) is 0 Å². The van der Waals surface area contributed by atoms with Gasteiger partial charge in [0.25, 0.3) is 5.56 Å². The quantitative estimate of drug-likeness (QED) is 0.230. The molecule has 2 aromatic heterocycles. The molecule has 0 saturated carbocycles. The summed E-state index contributed by atoms with van der Waals surface area (Å²) < 4.78 is 23.7. The maximum Gasteiger partial charge on any atom is 0.271 e. The van der Waals surface area contributed by atoms with Crippen molar-refractivity contribution in [3.8, 4) is 11.3 Å². The van der Waals surface area contributed by atoms with Crippen LogP contribution in [0.2, 0.25) is 0 Å². The van der Waals surface area contributed by atoms with Gasteiger partial charge in [-0.2, -0.15) is 0 Å². The third kappa shape index (κ3) is 4.17. The normalized spacial score (nSPS) is 16.5. The summed E-state index contributed by atoms with van der Waals surface area (Å²) in [4.78, 5) is 19.5. The Bertz CT molecular complexity index is 2000. The monoisotopic (exact) mass is 596 g/mol. The van der Waals surface area contributed by atoms with Crippen molar-refractivity contribution < 1.29 is 8.81 Å². The first-order chi connectivity index (χ1) is 19.0. The summed E-state index contributed by atoms with van der Waals surface area (Å²) in [5.74, 6) is 0.972. The molecule has 0 radical (unpaired) electrons. The number of furan rings is 1. The summed E-state index contributed by atoms with van der Waals surface area (Å²) in [5, 5.41) is 0. The molecule has 0 bridgehead atoms. The molecular weight excluding hydrogens is 575 g/mol. The van der Waals surface area contributed by atoms with E-state index in [1.165, 1.54) is 29.0 Å². The van der Waals surface area contributed by atoms with E-state index in [1.807, 2.05) is 55.5 Å². The van der Waals surface area contributed by atoms with E-state index in [0.717, 1.165) is 50.8 Å². The molecule has 7 heteroatoms. The van der Waals surface area contributed by atoms with Crippen molar-refractivity contribution in [3.63, 3.8) is 0 Å². The second-order valence-corrected chi connectivity index (χ2v) is 11.7. The number of aryl methyl sites for hydroxylation is 2. The fraction of sp³-hybridized carbons (Fsp3) is 0.125. The topological polar surface area (TPSA) is 47.5 Å². The van der Waals surface area contributed by atoms with Crippen molar-refractivity contribution in [1.29, 1.82) is 0 Å². The Morgan fingerprint density at radius 1 is 1.03 bits per heavy atom. The molecule has 0 N–H and O–H groups in total. The smallest absolute Gasteiger partial charge is 0.271 e. The molecule has 7 rings (SSSR count). The summed E-state index contributed by atoms with van der Waals surface area (Å²) in [6, 6.07) is 24.2. The number of thiazole rings is 1. The van der Waals surface area contributed by atoms with Gasteiger partial charge in [-0.1, -0.05) is 69.7 Å². The number of allylic oxidation sites excluding steroid dienone is 1. The Kier molecular flexibility index (Phi) is 5.86. The Hall–Kier alpha value is -3.81. The van der Waals surface area contributed by atoms with Crippen molar-refractivity contribution >= 4 is 39.0 Å². The summed E-state index contributed by atoms with van der Waals surface area (Å²) in [6.45, 7) is 2.04. The van der Waals surface area contributed by atoms with Gasteiger partial charge in [0.1, 0.15) is 17.3 Å². The molecule has 0 fully saturated rings. The van der Waals surface area contributed by atoms with E-state index in [2.05, 4.69) is 28.1 Å². The van der Waals surface area contributed by atoms with E-state index in [0.29, 0.717) is 20.9 Å². The van der Waals surface area contributed by atoms with E-state index < -0.39 is 6.04 Å². The van der Waals surface area contributed by atoms with Gasteiger partial charge in [0.05, 0.1) is 16.3 Å². The highest BCUT2D eigenvalue weighted by atomic mass is 79.9. The second-order valence-electron chi connectivity index (χ2n) is 9.85. The Balaban J connectivity index is 1.40. The number of aromatic nitrogens is 1. The molecule has 0 spiro atoms. The van der Waals surface area contributed by atoms with Crippen molar-refractivity contribution in [2.45, 2.75) is 25.8 Å². The van der Waals surface area contributed by atoms with E-state index in [-0.39, 0.29) is 11.4 Å². The fourth-order valence-electron chi connectivity index (χ4n) is 5.52. The minimum atomic E-state index is -0.418. The average molecular weight is 598 g/mol. The zero-order valence-electron chi connectivity index (χ0n) is 20.9. The van der Waals surface area contributed by atoms with Gasteiger partial charge in [-0.25, -0.2) is 9.38 Å². The minimum absolute atomic E-state index is 0.159. The van der Waals surface area contributed by atoms with Crippen LogP contribution in [0.3, 0.4) is 0 Å². The third-order valence-corrected chi connectivity index (χ3v) is 8.97. The first-order valence-corrected chi connectivity index (χ1v) is 14.3. The van der Waals surface area contributed by atoms with Gasteiger partial charge in [0, 0.05) is 21.7 Å². The summed E-state index contributed by atoms with van der Waals surface area (Å²) in [6.07, 6.45) is 3.38. The molecule has 1 aliphatic heterocycles. The number of benzene rings is 3. The number of fused-ring (bicyclic) bond motifs is 3. The molecule has 0 amide bonds. The zero-order valence-corrected chi connectivity index (χ0v) is 23.4. The number of halogens is 2. The average Bonchev–Trinajstić information content (AvgIpc) is 3.51. The molecule has 4 nitrogen and oxygen atoms in total. The first-order valence-electron chi connectivity index (χ1n) is 12.7. The summed E-state index contributed by atoms with van der Waals surface area (Å²) >= 11 is 4.95. The van der Waals surface area contributed by atoms with Crippen LogP contribution in [0.15, 0.2) is 103 Å². The molecule has 1 aliphatic carbocycles. The van der Waals surface area contributed by atoms with E-state index in [4.69, 9.17) is 9.41 Å². The number of rotatable bonds is 3. The first kappa shape index (κ1) is 24.2. The van der Waals surface area contributed by atoms with Gasteiger partial charge in [0.15, 0.2) is 4.80 Å². The molecule has 1 atom stereocenters. The predicted octanol–water partition coefficient (Wildman–Crippen LogP) is 6.79. The van der Waals surface area contributed by atoms with Crippen molar-refractivity contribution in [1.82, 2.24) is 4.57 Å².